The van der Waals surface area contributed by atoms with E-state index in [1.165, 1.54) is 0 Å². The van der Waals surface area contributed by atoms with E-state index in [0.717, 1.165) is 12.8 Å². The van der Waals surface area contributed by atoms with Gasteiger partial charge in [-0.2, -0.15) is 0 Å². The molecule has 0 aliphatic heterocycles. The van der Waals surface area contributed by atoms with Gasteiger partial charge in [-0.1, -0.05) is 20.8 Å². The lowest BCUT2D eigenvalue weighted by molar-refractivity contribution is -0.122. The molecule has 0 aromatic rings. The molecule has 15 heavy (non-hydrogen) atoms. The maximum atomic E-state index is 11.2. The average molecular weight is 237 g/mol. The van der Waals surface area contributed by atoms with Crippen LogP contribution >= 0.6 is 12.4 Å². The molecule has 0 aromatic heterocycles. The lowest BCUT2D eigenvalue weighted by Crippen LogP contribution is -2.52. The predicted octanol–water partition coefficient (Wildman–Crippen LogP) is 0.423. The van der Waals surface area contributed by atoms with Gasteiger partial charge in [-0.15, -0.1) is 12.4 Å². The smallest absolute Gasteiger partial charge is 0.235 e. The Morgan fingerprint density at radius 3 is 2.27 bits per heavy atom. The largest absolute Gasteiger partial charge is 0.389 e. The van der Waals surface area contributed by atoms with Crippen LogP contribution in [-0.4, -0.2) is 29.2 Å². The first-order chi connectivity index (χ1) is 6.25. The molecule has 0 aromatic carbocycles. The third-order valence-electron chi connectivity index (χ3n) is 2.61. The molecule has 0 radical (unpaired) electrons. The highest BCUT2D eigenvalue weighted by Crippen LogP contribution is 2.34. The summed E-state index contributed by atoms with van der Waals surface area (Å²) in [5.74, 6) is -0.359. The second kappa shape index (κ2) is 4.68. The standard InChI is InChI=1S/C10H20N2O2.ClH/c1-9(2,3)7(8(11)13)12-6-10(14)4-5-10;/h7,12,14H,4-6H2,1-3H3,(H2,11,13);1H/t7-;/m1./s1. The molecule has 0 heterocycles. The first kappa shape index (κ1) is 14.7. The highest BCUT2D eigenvalue weighted by Gasteiger charge is 2.41. The molecule has 90 valence electrons. The Hall–Kier alpha value is -0.320. The second-order valence-corrected chi connectivity index (χ2v) is 5.31. The third-order valence-corrected chi connectivity index (χ3v) is 2.61. The van der Waals surface area contributed by atoms with Crippen LogP contribution in [0.3, 0.4) is 0 Å². The molecule has 1 aliphatic rings. The van der Waals surface area contributed by atoms with Gasteiger partial charge >= 0.3 is 0 Å². The zero-order valence-corrected chi connectivity index (χ0v) is 10.4. The summed E-state index contributed by atoms with van der Waals surface area (Å²) in [5, 5.41) is 12.6. The Kier molecular flexibility index (Phi) is 4.58. The molecule has 1 amide bonds. The number of aliphatic hydroxyl groups is 1. The van der Waals surface area contributed by atoms with Gasteiger partial charge in [-0.3, -0.25) is 4.79 Å². The monoisotopic (exact) mass is 236 g/mol. The molecule has 1 fully saturated rings. The van der Waals surface area contributed by atoms with Gasteiger partial charge in [-0.05, 0) is 18.3 Å². The van der Waals surface area contributed by atoms with E-state index < -0.39 is 5.60 Å². The average Bonchev–Trinajstić information content (AvgIpc) is 2.64. The fraction of sp³-hybridized carbons (Fsp3) is 0.900. The first-order valence-electron chi connectivity index (χ1n) is 5.00. The van der Waals surface area contributed by atoms with E-state index in [9.17, 15) is 9.90 Å². The Morgan fingerprint density at radius 2 is 2.00 bits per heavy atom. The summed E-state index contributed by atoms with van der Waals surface area (Å²) in [6.45, 7) is 6.31. The number of amides is 1. The van der Waals surface area contributed by atoms with Crippen LogP contribution in [0.2, 0.25) is 0 Å². The summed E-state index contributed by atoms with van der Waals surface area (Å²) in [6, 6.07) is -0.382. The second-order valence-electron chi connectivity index (χ2n) is 5.31. The molecule has 5 heteroatoms. The van der Waals surface area contributed by atoms with Gasteiger partial charge in [0.25, 0.3) is 0 Å². The maximum Gasteiger partial charge on any atom is 0.235 e. The number of nitrogens with two attached hydrogens (primary N) is 1. The molecule has 0 saturated heterocycles. The molecule has 0 spiro atoms. The molecule has 1 aliphatic carbocycles. The zero-order valence-electron chi connectivity index (χ0n) is 9.54. The van der Waals surface area contributed by atoms with E-state index in [0.29, 0.717) is 6.54 Å². The Balaban J connectivity index is 0.00000196. The molecular formula is C10H21ClN2O2. The van der Waals surface area contributed by atoms with Crippen LogP contribution in [0.15, 0.2) is 0 Å². The quantitative estimate of drug-likeness (QED) is 0.663. The minimum Gasteiger partial charge on any atom is -0.389 e. The molecule has 1 saturated carbocycles. The molecule has 0 bridgehead atoms. The van der Waals surface area contributed by atoms with Crippen LogP contribution in [0.25, 0.3) is 0 Å². The Morgan fingerprint density at radius 1 is 1.53 bits per heavy atom. The fourth-order valence-electron chi connectivity index (χ4n) is 1.45. The van der Waals surface area contributed by atoms with E-state index >= 15 is 0 Å². The van der Waals surface area contributed by atoms with Crippen molar-refractivity contribution in [2.75, 3.05) is 6.54 Å². The van der Waals surface area contributed by atoms with Gasteiger partial charge in [0, 0.05) is 6.54 Å². The summed E-state index contributed by atoms with van der Waals surface area (Å²) < 4.78 is 0. The molecule has 1 rings (SSSR count). The Labute approximate surface area is 97.0 Å². The van der Waals surface area contributed by atoms with Crippen LogP contribution in [0.1, 0.15) is 33.6 Å². The summed E-state index contributed by atoms with van der Waals surface area (Å²) in [7, 11) is 0. The Bertz CT molecular complexity index is 234. The first-order valence-corrected chi connectivity index (χ1v) is 5.00. The fourth-order valence-corrected chi connectivity index (χ4v) is 1.45. The maximum absolute atomic E-state index is 11.2. The summed E-state index contributed by atoms with van der Waals surface area (Å²) in [6.07, 6.45) is 1.63. The van der Waals surface area contributed by atoms with Gasteiger partial charge in [0.05, 0.1) is 11.6 Å². The number of carbonyl (C=O) groups is 1. The van der Waals surface area contributed by atoms with Gasteiger partial charge in [-0.25, -0.2) is 0 Å². The number of nitrogens with one attached hydrogen (secondary N) is 1. The molecule has 1 atom stereocenters. The highest BCUT2D eigenvalue weighted by molar-refractivity contribution is 5.85. The lowest BCUT2D eigenvalue weighted by atomic mass is 9.86. The van der Waals surface area contributed by atoms with Crippen LogP contribution in [0, 0.1) is 5.41 Å². The van der Waals surface area contributed by atoms with Gasteiger partial charge < -0.3 is 16.2 Å². The van der Waals surface area contributed by atoms with E-state index in [1.807, 2.05) is 20.8 Å². The molecule has 4 N–H and O–H groups in total. The SMILES string of the molecule is CC(C)(C)[C@H](NCC1(O)CC1)C(N)=O.Cl. The van der Waals surface area contributed by atoms with E-state index in [1.54, 1.807) is 0 Å². The number of primary amides is 1. The van der Waals surface area contributed by atoms with Crippen LogP contribution in [0.4, 0.5) is 0 Å². The van der Waals surface area contributed by atoms with Crippen molar-refractivity contribution in [1.29, 1.82) is 0 Å². The number of carbonyl (C=O) groups excluding carboxylic acids is 1. The third kappa shape index (κ3) is 4.36. The lowest BCUT2D eigenvalue weighted by Gasteiger charge is -2.29. The normalized spacial score (nSPS) is 20.3. The number of hydrogen-bond acceptors (Lipinski definition) is 3. The number of hydrogen-bond donors (Lipinski definition) is 3. The minimum atomic E-state index is -0.584. The van der Waals surface area contributed by atoms with E-state index in [4.69, 9.17) is 5.73 Å². The van der Waals surface area contributed by atoms with Crippen LogP contribution < -0.4 is 11.1 Å². The predicted molar refractivity (Wildman–Crippen MR) is 61.9 cm³/mol. The zero-order chi connectivity index (χ0) is 11.0. The number of halogens is 1. The van der Waals surface area contributed by atoms with Gasteiger partial charge in [0.15, 0.2) is 0 Å². The number of rotatable bonds is 4. The van der Waals surface area contributed by atoms with Crippen molar-refractivity contribution in [3.8, 4) is 0 Å². The van der Waals surface area contributed by atoms with Crippen molar-refractivity contribution < 1.29 is 9.90 Å². The van der Waals surface area contributed by atoms with Gasteiger partial charge in [0.1, 0.15) is 0 Å². The van der Waals surface area contributed by atoms with Crippen molar-refractivity contribution in [3.63, 3.8) is 0 Å². The highest BCUT2D eigenvalue weighted by atomic mass is 35.5. The molecule has 4 nitrogen and oxygen atoms in total. The van der Waals surface area contributed by atoms with E-state index in [2.05, 4.69) is 5.32 Å². The molecule has 0 unspecified atom stereocenters. The van der Waals surface area contributed by atoms with Crippen molar-refractivity contribution in [3.05, 3.63) is 0 Å². The van der Waals surface area contributed by atoms with Crippen molar-refractivity contribution >= 4 is 18.3 Å². The summed E-state index contributed by atoms with van der Waals surface area (Å²) in [4.78, 5) is 11.2. The van der Waals surface area contributed by atoms with Gasteiger partial charge in [0.2, 0.25) is 5.91 Å². The summed E-state index contributed by atoms with van der Waals surface area (Å²) >= 11 is 0. The van der Waals surface area contributed by atoms with Crippen LogP contribution in [0.5, 0.6) is 0 Å². The van der Waals surface area contributed by atoms with Crippen molar-refractivity contribution in [2.45, 2.75) is 45.3 Å². The summed E-state index contributed by atoms with van der Waals surface area (Å²) in [5.41, 5.74) is 4.49. The van der Waals surface area contributed by atoms with E-state index in [-0.39, 0.29) is 29.8 Å². The van der Waals surface area contributed by atoms with Crippen molar-refractivity contribution in [1.82, 2.24) is 5.32 Å². The minimum absolute atomic E-state index is 0. The van der Waals surface area contributed by atoms with Crippen LogP contribution in [-0.2, 0) is 4.79 Å². The molecular weight excluding hydrogens is 216 g/mol. The topological polar surface area (TPSA) is 75.3 Å². The van der Waals surface area contributed by atoms with Crippen molar-refractivity contribution in [2.24, 2.45) is 11.1 Å².